The van der Waals surface area contributed by atoms with Crippen LogP contribution in [-0.2, 0) is 9.84 Å². The summed E-state index contributed by atoms with van der Waals surface area (Å²) in [6.45, 7) is 5.57. The lowest BCUT2D eigenvalue weighted by Gasteiger charge is -2.16. The van der Waals surface area contributed by atoms with Crippen LogP contribution in [0.4, 0.5) is 0 Å². The summed E-state index contributed by atoms with van der Waals surface area (Å²) in [6, 6.07) is 13.3. The molecule has 0 spiro atoms. The van der Waals surface area contributed by atoms with E-state index in [9.17, 15) is 13.7 Å². The summed E-state index contributed by atoms with van der Waals surface area (Å²) < 4.78 is 36.7. The number of rotatable bonds is 6. The van der Waals surface area contributed by atoms with Gasteiger partial charge in [0, 0.05) is 5.56 Å². The molecule has 0 N–H and O–H groups in total. The number of para-hydroxylation sites is 1. The number of allylic oxidation sites excluding steroid dienone is 1. The molecule has 0 aliphatic carbocycles. The Morgan fingerprint density at radius 2 is 1.81 bits per heavy atom. The van der Waals surface area contributed by atoms with Gasteiger partial charge < -0.3 is 9.47 Å². The summed E-state index contributed by atoms with van der Waals surface area (Å²) in [4.78, 5) is -0.284. The molecule has 0 atom stereocenters. The summed E-state index contributed by atoms with van der Waals surface area (Å²) in [6.07, 6.45) is 1.17. The van der Waals surface area contributed by atoms with Gasteiger partial charge in [-0.25, -0.2) is 8.42 Å². The molecule has 2 aromatic rings. The van der Waals surface area contributed by atoms with Gasteiger partial charge in [0.05, 0.1) is 18.1 Å². The van der Waals surface area contributed by atoms with E-state index in [1.54, 1.807) is 36.4 Å². The van der Waals surface area contributed by atoms with Crippen LogP contribution in [0.25, 0.3) is 6.08 Å². The molecule has 0 radical (unpaired) electrons. The number of sulfone groups is 1. The molecule has 0 aliphatic rings. The Bertz CT molecular complexity index is 952. The highest BCUT2D eigenvalue weighted by Gasteiger charge is 2.22. The van der Waals surface area contributed by atoms with Gasteiger partial charge >= 0.3 is 0 Å². The lowest BCUT2D eigenvalue weighted by Crippen LogP contribution is -2.08. The van der Waals surface area contributed by atoms with Crippen LogP contribution < -0.4 is 9.47 Å². The van der Waals surface area contributed by atoms with Crippen LogP contribution in [0.3, 0.4) is 0 Å². The van der Waals surface area contributed by atoms with E-state index in [0.717, 1.165) is 5.56 Å². The molecule has 26 heavy (non-hydrogen) atoms. The van der Waals surface area contributed by atoms with Crippen molar-refractivity contribution in [3.8, 4) is 17.6 Å². The van der Waals surface area contributed by atoms with Gasteiger partial charge in [0.25, 0.3) is 0 Å². The van der Waals surface area contributed by atoms with Gasteiger partial charge in [-0.2, -0.15) is 5.26 Å². The summed E-state index contributed by atoms with van der Waals surface area (Å²) in [5, 5.41) is 9.47. The zero-order chi connectivity index (χ0) is 19.3. The summed E-state index contributed by atoms with van der Waals surface area (Å²) >= 11 is 0. The second-order valence-electron chi connectivity index (χ2n) is 5.98. The first kappa shape index (κ1) is 19.5. The predicted octanol–water partition coefficient (Wildman–Crippen LogP) is 4.13. The van der Waals surface area contributed by atoms with Gasteiger partial charge in [-0.05, 0) is 45.0 Å². The zero-order valence-corrected chi connectivity index (χ0v) is 16.0. The van der Waals surface area contributed by atoms with E-state index in [4.69, 9.17) is 9.47 Å². The molecule has 0 unspecified atom stereocenters. The van der Waals surface area contributed by atoms with Gasteiger partial charge in [-0.15, -0.1) is 0 Å². The molecule has 0 fully saturated rings. The molecule has 6 heteroatoms. The first-order valence-electron chi connectivity index (χ1n) is 8.06. The van der Waals surface area contributed by atoms with Crippen LogP contribution in [0.15, 0.2) is 52.3 Å². The number of methoxy groups -OCH3 is 1. The lowest BCUT2D eigenvalue weighted by molar-refractivity contribution is 0.229. The van der Waals surface area contributed by atoms with Crippen LogP contribution >= 0.6 is 0 Å². The SMILES string of the molecule is COc1cccc(/C=C(\C#N)S(=O)(=O)c2ccc(C)cc2)c1OC(C)C. The highest BCUT2D eigenvalue weighted by atomic mass is 32.2. The Kier molecular flexibility index (Phi) is 6.06. The van der Waals surface area contributed by atoms with Crippen LogP contribution in [0.5, 0.6) is 11.5 Å². The van der Waals surface area contributed by atoms with Crippen molar-refractivity contribution in [3.63, 3.8) is 0 Å². The van der Waals surface area contributed by atoms with Gasteiger partial charge in [0.2, 0.25) is 9.84 Å². The van der Waals surface area contributed by atoms with E-state index < -0.39 is 9.84 Å². The van der Waals surface area contributed by atoms with E-state index in [1.807, 2.05) is 20.8 Å². The van der Waals surface area contributed by atoms with E-state index in [-0.39, 0.29) is 15.9 Å². The molecule has 136 valence electrons. The molecular formula is C20H21NO4S. The van der Waals surface area contributed by atoms with Crippen molar-refractivity contribution < 1.29 is 17.9 Å². The number of ether oxygens (including phenoxy) is 2. The average molecular weight is 371 g/mol. The maximum Gasteiger partial charge on any atom is 0.216 e. The van der Waals surface area contributed by atoms with Crippen LogP contribution in [0.2, 0.25) is 0 Å². The smallest absolute Gasteiger partial charge is 0.216 e. The highest BCUT2D eigenvalue weighted by Crippen LogP contribution is 2.34. The van der Waals surface area contributed by atoms with E-state index in [1.165, 1.54) is 25.3 Å². The normalized spacial score (nSPS) is 11.9. The minimum atomic E-state index is -3.93. The van der Waals surface area contributed by atoms with Crippen molar-refractivity contribution >= 4 is 15.9 Å². The first-order chi connectivity index (χ1) is 12.3. The van der Waals surface area contributed by atoms with E-state index in [0.29, 0.717) is 17.1 Å². The lowest BCUT2D eigenvalue weighted by atomic mass is 10.1. The van der Waals surface area contributed by atoms with Crippen molar-refractivity contribution in [3.05, 3.63) is 58.5 Å². The number of nitrogens with zero attached hydrogens (tertiary/aromatic N) is 1. The van der Waals surface area contributed by atoms with Crippen LogP contribution in [0, 0.1) is 18.3 Å². The van der Waals surface area contributed by atoms with Crippen molar-refractivity contribution in [2.24, 2.45) is 0 Å². The minimum absolute atomic E-state index is 0.0742. The van der Waals surface area contributed by atoms with Gasteiger partial charge in [0.1, 0.15) is 11.0 Å². The molecule has 0 saturated heterocycles. The topological polar surface area (TPSA) is 76.4 Å². The Morgan fingerprint density at radius 1 is 1.15 bits per heavy atom. The molecule has 0 aromatic heterocycles. The van der Waals surface area contributed by atoms with Crippen molar-refractivity contribution in [1.29, 1.82) is 5.26 Å². The number of nitriles is 1. The fourth-order valence-electron chi connectivity index (χ4n) is 2.32. The average Bonchev–Trinajstić information content (AvgIpc) is 2.60. The molecule has 0 aliphatic heterocycles. The van der Waals surface area contributed by atoms with Crippen LogP contribution in [0.1, 0.15) is 25.0 Å². The summed E-state index contributed by atoms with van der Waals surface area (Å²) in [5.41, 5.74) is 1.40. The molecule has 0 amide bonds. The number of aryl methyl sites for hydroxylation is 1. The van der Waals surface area contributed by atoms with Gasteiger partial charge in [-0.1, -0.05) is 29.8 Å². The molecule has 5 nitrogen and oxygen atoms in total. The second-order valence-corrected chi connectivity index (χ2v) is 7.90. The highest BCUT2D eigenvalue weighted by molar-refractivity contribution is 7.95. The molecular weight excluding hydrogens is 350 g/mol. The quantitative estimate of drug-likeness (QED) is 0.714. The number of hydrogen-bond donors (Lipinski definition) is 0. The Morgan fingerprint density at radius 3 is 2.35 bits per heavy atom. The fourth-order valence-corrected chi connectivity index (χ4v) is 3.48. The monoisotopic (exact) mass is 371 g/mol. The third kappa shape index (κ3) is 4.24. The van der Waals surface area contributed by atoms with Gasteiger partial charge in [-0.3, -0.25) is 0 Å². The zero-order valence-electron chi connectivity index (χ0n) is 15.2. The van der Waals surface area contributed by atoms with Crippen molar-refractivity contribution in [2.45, 2.75) is 31.8 Å². The Labute approximate surface area is 154 Å². The second kappa shape index (κ2) is 8.07. The largest absolute Gasteiger partial charge is 0.493 e. The molecule has 2 rings (SSSR count). The molecule has 0 bridgehead atoms. The van der Waals surface area contributed by atoms with Crippen molar-refractivity contribution in [2.75, 3.05) is 7.11 Å². The minimum Gasteiger partial charge on any atom is -0.493 e. The standard InChI is InChI=1S/C20H21NO4S/c1-14(2)25-20-16(6-5-7-19(20)24-4)12-18(13-21)26(22,23)17-10-8-15(3)9-11-17/h5-12,14H,1-4H3/b18-12+. The van der Waals surface area contributed by atoms with Gasteiger partial charge in [0.15, 0.2) is 11.5 Å². The third-order valence-electron chi connectivity index (χ3n) is 3.60. The first-order valence-corrected chi connectivity index (χ1v) is 9.55. The van der Waals surface area contributed by atoms with Crippen molar-refractivity contribution in [1.82, 2.24) is 0 Å². The summed E-state index contributed by atoms with van der Waals surface area (Å²) in [5.74, 6) is 0.870. The molecule has 0 heterocycles. The predicted molar refractivity (Wildman–Crippen MR) is 101 cm³/mol. The van der Waals surface area contributed by atoms with E-state index in [2.05, 4.69) is 0 Å². The Hall–Kier alpha value is -2.78. The molecule has 0 saturated carbocycles. The summed E-state index contributed by atoms with van der Waals surface area (Å²) in [7, 11) is -2.42. The fraction of sp³-hybridized carbons (Fsp3) is 0.250. The number of benzene rings is 2. The van der Waals surface area contributed by atoms with Crippen LogP contribution in [-0.4, -0.2) is 21.6 Å². The number of hydrogen-bond acceptors (Lipinski definition) is 5. The Balaban J connectivity index is 2.59. The maximum atomic E-state index is 12.8. The third-order valence-corrected chi connectivity index (χ3v) is 5.28. The molecule has 2 aromatic carbocycles. The maximum absolute atomic E-state index is 12.8. The van der Waals surface area contributed by atoms with E-state index >= 15 is 0 Å².